The summed E-state index contributed by atoms with van der Waals surface area (Å²) in [7, 11) is 0. The zero-order valence-electron chi connectivity index (χ0n) is 11.0. The number of aryl methyl sites for hydroxylation is 1. The molecule has 0 radical (unpaired) electrons. The number of halogens is 1. The van der Waals surface area contributed by atoms with Crippen LogP contribution >= 0.6 is 22.6 Å². The summed E-state index contributed by atoms with van der Waals surface area (Å²) in [6.07, 6.45) is 2.81. The van der Waals surface area contributed by atoms with E-state index in [9.17, 15) is 4.79 Å². The maximum Gasteiger partial charge on any atom is 0.232 e. The molecule has 2 aromatic rings. The van der Waals surface area contributed by atoms with E-state index < -0.39 is 0 Å². The summed E-state index contributed by atoms with van der Waals surface area (Å²) in [6, 6.07) is 13.8. The van der Waals surface area contributed by atoms with E-state index in [4.69, 9.17) is 4.74 Å². The maximum absolute atomic E-state index is 12.3. The Morgan fingerprint density at radius 2 is 1.90 bits per heavy atom. The minimum Gasteiger partial charge on any atom is -0.452 e. The summed E-state index contributed by atoms with van der Waals surface area (Å²) in [6.45, 7) is 2.12. The number of ketones is 1. The van der Waals surface area contributed by atoms with Crippen molar-refractivity contribution in [1.82, 2.24) is 0 Å². The van der Waals surface area contributed by atoms with Gasteiger partial charge >= 0.3 is 0 Å². The number of carbonyl (C=O) groups excluding carboxylic acids is 1. The first-order valence-electron chi connectivity index (χ1n) is 6.50. The van der Waals surface area contributed by atoms with Gasteiger partial charge in [-0.05, 0) is 64.4 Å². The van der Waals surface area contributed by atoms with E-state index in [-0.39, 0.29) is 5.78 Å². The van der Waals surface area contributed by atoms with Crippen LogP contribution in [0.4, 0.5) is 0 Å². The van der Waals surface area contributed by atoms with Gasteiger partial charge < -0.3 is 4.74 Å². The van der Waals surface area contributed by atoms with Crippen LogP contribution in [0.15, 0.2) is 48.2 Å². The summed E-state index contributed by atoms with van der Waals surface area (Å²) >= 11 is 2.19. The minimum atomic E-state index is -0.0434. The van der Waals surface area contributed by atoms with Crippen molar-refractivity contribution >= 4 is 34.5 Å². The van der Waals surface area contributed by atoms with Gasteiger partial charge in [0.2, 0.25) is 5.78 Å². The SMILES string of the molecule is CCc1ccc(/C=C2\Oc3ccc(I)cc3C2=O)cc1. The van der Waals surface area contributed by atoms with Crippen LogP contribution in [0.3, 0.4) is 0 Å². The van der Waals surface area contributed by atoms with Gasteiger partial charge in [0.1, 0.15) is 5.75 Å². The lowest BCUT2D eigenvalue weighted by atomic mass is 10.1. The first kappa shape index (κ1) is 13.4. The smallest absolute Gasteiger partial charge is 0.232 e. The second kappa shape index (κ2) is 5.40. The van der Waals surface area contributed by atoms with E-state index >= 15 is 0 Å². The maximum atomic E-state index is 12.3. The fraction of sp³-hybridized carbons (Fsp3) is 0.118. The molecule has 0 bridgehead atoms. The molecular formula is C17H13IO2. The molecule has 0 unspecified atom stereocenters. The molecule has 1 heterocycles. The van der Waals surface area contributed by atoms with Crippen LogP contribution in [0, 0.1) is 3.57 Å². The van der Waals surface area contributed by atoms with Crippen LogP contribution in [-0.2, 0) is 6.42 Å². The fourth-order valence-corrected chi connectivity index (χ4v) is 2.65. The monoisotopic (exact) mass is 376 g/mol. The van der Waals surface area contributed by atoms with Gasteiger partial charge in [-0.2, -0.15) is 0 Å². The molecule has 1 aliphatic rings. The van der Waals surface area contributed by atoms with Gasteiger partial charge in [-0.25, -0.2) is 0 Å². The second-order valence-corrected chi connectivity index (χ2v) is 5.92. The van der Waals surface area contributed by atoms with Crippen molar-refractivity contribution in [1.29, 1.82) is 0 Å². The Balaban J connectivity index is 1.92. The molecule has 0 aliphatic carbocycles. The molecule has 0 aromatic heterocycles. The fourth-order valence-electron chi connectivity index (χ4n) is 2.16. The average Bonchev–Trinajstić information content (AvgIpc) is 2.76. The van der Waals surface area contributed by atoms with Gasteiger partial charge in [0.25, 0.3) is 0 Å². The quantitative estimate of drug-likeness (QED) is 0.571. The Bertz CT molecular complexity index is 699. The summed E-state index contributed by atoms with van der Waals surface area (Å²) in [5.41, 5.74) is 2.91. The molecule has 20 heavy (non-hydrogen) atoms. The lowest BCUT2D eigenvalue weighted by Crippen LogP contribution is -1.98. The van der Waals surface area contributed by atoms with Crippen LogP contribution in [-0.4, -0.2) is 5.78 Å². The molecule has 0 saturated heterocycles. The molecule has 0 fully saturated rings. The molecular weight excluding hydrogens is 363 g/mol. The summed E-state index contributed by atoms with van der Waals surface area (Å²) in [5, 5.41) is 0. The van der Waals surface area contributed by atoms with E-state index in [0.29, 0.717) is 17.1 Å². The number of fused-ring (bicyclic) bond motifs is 1. The zero-order valence-corrected chi connectivity index (χ0v) is 13.2. The number of carbonyl (C=O) groups is 1. The van der Waals surface area contributed by atoms with Crippen LogP contribution in [0.25, 0.3) is 6.08 Å². The summed E-state index contributed by atoms with van der Waals surface area (Å²) < 4.78 is 6.68. The number of hydrogen-bond acceptors (Lipinski definition) is 2. The normalized spacial score (nSPS) is 15.3. The number of Topliss-reactive ketones (excluding diaryl/α,β-unsaturated/α-hetero) is 1. The van der Waals surface area contributed by atoms with Crippen molar-refractivity contribution in [2.45, 2.75) is 13.3 Å². The molecule has 0 atom stereocenters. The van der Waals surface area contributed by atoms with Crippen LogP contribution in [0.1, 0.15) is 28.4 Å². The topological polar surface area (TPSA) is 26.3 Å². The van der Waals surface area contributed by atoms with Gasteiger partial charge in [-0.3, -0.25) is 4.79 Å². The molecule has 3 heteroatoms. The van der Waals surface area contributed by atoms with Crippen LogP contribution in [0.2, 0.25) is 0 Å². The van der Waals surface area contributed by atoms with Crippen molar-refractivity contribution in [3.63, 3.8) is 0 Å². The Kier molecular flexibility index (Phi) is 3.61. The molecule has 0 N–H and O–H groups in total. The highest BCUT2D eigenvalue weighted by atomic mass is 127. The van der Waals surface area contributed by atoms with E-state index in [1.807, 2.05) is 30.3 Å². The lowest BCUT2D eigenvalue weighted by molar-refractivity contribution is 0.101. The summed E-state index contributed by atoms with van der Waals surface area (Å²) in [4.78, 5) is 12.3. The molecule has 1 aliphatic heterocycles. The highest BCUT2D eigenvalue weighted by Gasteiger charge is 2.27. The highest BCUT2D eigenvalue weighted by Crippen LogP contribution is 2.32. The third-order valence-electron chi connectivity index (χ3n) is 3.32. The van der Waals surface area contributed by atoms with Crippen molar-refractivity contribution in [3.05, 3.63) is 68.5 Å². The van der Waals surface area contributed by atoms with Crippen molar-refractivity contribution in [2.75, 3.05) is 0 Å². The van der Waals surface area contributed by atoms with Gasteiger partial charge in [0.05, 0.1) is 5.56 Å². The number of rotatable bonds is 2. The molecule has 3 rings (SSSR count). The van der Waals surface area contributed by atoms with E-state index in [1.54, 1.807) is 6.08 Å². The molecule has 0 spiro atoms. The number of hydrogen-bond donors (Lipinski definition) is 0. The largest absolute Gasteiger partial charge is 0.452 e. The van der Waals surface area contributed by atoms with Crippen LogP contribution < -0.4 is 4.74 Å². The first-order chi connectivity index (χ1) is 9.67. The molecule has 2 nitrogen and oxygen atoms in total. The van der Waals surface area contributed by atoms with Crippen molar-refractivity contribution in [2.24, 2.45) is 0 Å². The third-order valence-corrected chi connectivity index (χ3v) is 3.99. The Morgan fingerprint density at radius 1 is 1.15 bits per heavy atom. The minimum absolute atomic E-state index is 0.0434. The number of allylic oxidation sites excluding steroid dienone is 1. The van der Waals surface area contributed by atoms with Crippen molar-refractivity contribution < 1.29 is 9.53 Å². The van der Waals surface area contributed by atoms with Gasteiger partial charge in [0, 0.05) is 3.57 Å². The molecule has 0 saturated carbocycles. The predicted molar refractivity (Wildman–Crippen MR) is 87.9 cm³/mol. The van der Waals surface area contributed by atoms with E-state index in [2.05, 4.69) is 41.6 Å². The highest BCUT2D eigenvalue weighted by molar-refractivity contribution is 14.1. The standard InChI is InChI=1S/C17H13IO2/c1-2-11-3-5-12(6-4-11)9-16-17(19)14-10-13(18)7-8-15(14)20-16/h3-10H,2H2,1H3/b16-9-. The molecule has 2 aromatic carbocycles. The zero-order chi connectivity index (χ0) is 14.1. The van der Waals surface area contributed by atoms with Crippen LogP contribution in [0.5, 0.6) is 5.75 Å². The van der Waals surface area contributed by atoms with Gasteiger partial charge in [-0.15, -0.1) is 0 Å². The molecule has 0 amide bonds. The predicted octanol–water partition coefficient (Wildman–Crippen LogP) is 4.47. The summed E-state index contributed by atoms with van der Waals surface area (Å²) in [5.74, 6) is 0.996. The average molecular weight is 376 g/mol. The lowest BCUT2D eigenvalue weighted by Gasteiger charge is -2.00. The Morgan fingerprint density at radius 3 is 2.60 bits per heavy atom. The van der Waals surface area contributed by atoms with Crippen molar-refractivity contribution in [3.8, 4) is 5.75 Å². The van der Waals surface area contributed by atoms with E-state index in [1.165, 1.54) is 5.56 Å². The second-order valence-electron chi connectivity index (χ2n) is 4.68. The van der Waals surface area contributed by atoms with E-state index in [0.717, 1.165) is 15.6 Å². The number of ether oxygens (including phenoxy) is 1. The first-order valence-corrected chi connectivity index (χ1v) is 7.58. The number of benzene rings is 2. The van der Waals surface area contributed by atoms with Gasteiger partial charge in [0.15, 0.2) is 5.76 Å². The third kappa shape index (κ3) is 2.50. The Hall–Kier alpha value is -1.62. The molecule has 100 valence electrons. The van der Waals surface area contributed by atoms with Gasteiger partial charge in [-0.1, -0.05) is 31.2 Å². The Labute approximate surface area is 131 Å².